The number of ether oxygens (including phenoxy) is 1. The highest BCUT2D eigenvalue weighted by Crippen LogP contribution is 2.20. The normalized spacial score (nSPS) is 33.1. The highest BCUT2D eigenvalue weighted by atomic mass is 16.5. The van der Waals surface area contributed by atoms with Gasteiger partial charge in [0.2, 0.25) is 5.91 Å². The van der Waals surface area contributed by atoms with Gasteiger partial charge >= 0.3 is 0 Å². The molecule has 2 unspecified atom stereocenters. The Kier molecular flexibility index (Phi) is 5.01. The Morgan fingerprint density at radius 1 is 1.50 bits per heavy atom. The predicted molar refractivity (Wildman–Crippen MR) is 71.4 cm³/mol. The summed E-state index contributed by atoms with van der Waals surface area (Å²) in [4.78, 5) is 12.0. The summed E-state index contributed by atoms with van der Waals surface area (Å²) >= 11 is 0. The van der Waals surface area contributed by atoms with Crippen molar-refractivity contribution in [1.29, 1.82) is 0 Å². The zero-order valence-corrected chi connectivity index (χ0v) is 11.5. The first-order chi connectivity index (χ1) is 8.68. The van der Waals surface area contributed by atoms with Crippen LogP contribution in [0.2, 0.25) is 0 Å². The van der Waals surface area contributed by atoms with Crippen LogP contribution in [0.1, 0.15) is 45.4 Å². The number of rotatable bonds is 4. The van der Waals surface area contributed by atoms with E-state index in [1.165, 1.54) is 12.8 Å². The van der Waals surface area contributed by atoms with Crippen molar-refractivity contribution in [1.82, 2.24) is 10.6 Å². The number of amides is 1. The lowest BCUT2D eigenvalue weighted by Crippen LogP contribution is -2.51. The Balaban J connectivity index is 1.67. The number of hydrogen-bond donors (Lipinski definition) is 2. The molecule has 2 rings (SSSR count). The molecular formula is C14H26N2O2. The van der Waals surface area contributed by atoms with Crippen LogP contribution in [0.25, 0.3) is 0 Å². The maximum Gasteiger partial charge on any atom is 0.220 e. The van der Waals surface area contributed by atoms with Crippen molar-refractivity contribution in [3.05, 3.63) is 0 Å². The van der Waals surface area contributed by atoms with Gasteiger partial charge in [-0.1, -0.05) is 0 Å². The molecule has 104 valence electrons. The minimum Gasteiger partial charge on any atom is -0.379 e. The summed E-state index contributed by atoms with van der Waals surface area (Å²) in [5, 5.41) is 6.55. The standard InChI is InChI=1S/C14H26N2O2/c1-14(7-3-9-18-11-14)16-13(17)6-5-12-4-2-8-15-10-12/h12,15H,2-11H2,1H3,(H,16,17). The molecule has 2 fully saturated rings. The van der Waals surface area contributed by atoms with E-state index >= 15 is 0 Å². The number of carbonyl (C=O) groups is 1. The van der Waals surface area contributed by atoms with Crippen molar-refractivity contribution in [2.75, 3.05) is 26.3 Å². The summed E-state index contributed by atoms with van der Waals surface area (Å²) in [5.41, 5.74) is -0.139. The number of carbonyl (C=O) groups excluding carboxylic acids is 1. The van der Waals surface area contributed by atoms with Gasteiger partial charge in [0.1, 0.15) is 0 Å². The summed E-state index contributed by atoms with van der Waals surface area (Å²) in [6.45, 7) is 5.79. The molecule has 0 bridgehead atoms. The predicted octanol–water partition coefficient (Wildman–Crippen LogP) is 1.45. The fourth-order valence-electron chi connectivity index (χ4n) is 2.94. The second-order valence-electron chi connectivity index (χ2n) is 6.02. The Bertz CT molecular complexity index is 269. The zero-order chi connectivity index (χ0) is 12.8. The minimum absolute atomic E-state index is 0.139. The zero-order valence-electron chi connectivity index (χ0n) is 11.5. The molecule has 0 aliphatic carbocycles. The summed E-state index contributed by atoms with van der Waals surface area (Å²) < 4.78 is 5.46. The number of nitrogens with one attached hydrogen (secondary N) is 2. The molecular weight excluding hydrogens is 228 g/mol. The fourth-order valence-corrected chi connectivity index (χ4v) is 2.94. The van der Waals surface area contributed by atoms with Crippen molar-refractivity contribution in [2.24, 2.45) is 5.92 Å². The summed E-state index contributed by atoms with van der Waals surface area (Å²) in [5.74, 6) is 0.869. The van der Waals surface area contributed by atoms with Gasteiger partial charge < -0.3 is 15.4 Å². The van der Waals surface area contributed by atoms with E-state index < -0.39 is 0 Å². The van der Waals surface area contributed by atoms with Crippen LogP contribution < -0.4 is 10.6 Å². The topological polar surface area (TPSA) is 50.4 Å². The first-order valence-electron chi connectivity index (χ1n) is 7.27. The summed E-state index contributed by atoms with van der Waals surface area (Å²) in [6.07, 6.45) is 6.25. The first-order valence-corrected chi connectivity index (χ1v) is 7.27. The highest BCUT2D eigenvalue weighted by molar-refractivity contribution is 5.76. The molecule has 2 heterocycles. The van der Waals surface area contributed by atoms with Crippen molar-refractivity contribution < 1.29 is 9.53 Å². The van der Waals surface area contributed by atoms with Gasteiger partial charge in [-0.2, -0.15) is 0 Å². The quantitative estimate of drug-likeness (QED) is 0.798. The van der Waals surface area contributed by atoms with Gasteiger partial charge in [-0.15, -0.1) is 0 Å². The van der Waals surface area contributed by atoms with Crippen LogP contribution in [0.4, 0.5) is 0 Å². The van der Waals surface area contributed by atoms with Crippen LogP contribution in [0.3, 0.4) is 0 Å². The average Bonchev–Trinajstić information content (AvgIpc) is 2.38. The van der Waals surface area contributed by atoms with E-state index in [2.05, 4.69) is 17.6 Å². The maximum atomic E-state index is 12.0. The van der Waals surface area contributed by atoms with Gasteiger partial charge in [-0.05, 0) is 58.0 Å². The minimum atomic E-state index is -0.139. The average molecular weight is 254 g/mol. The molecule has 0 aromatic rings. The molecule has 2 aliphatic rings. The fraction of sp³-hybridized carbons (Fsp3) is 0.929. The lowest BCUT2D eigenvalue weighted by atomic mass is 9.92. The number of piperidine rings is 1. The lowest BCUT2D eigenvalue weighted by molar-refractivity contribution is -0.125. The third-order valence-corrected chi connectivity index (χ3v) is 4.06. The van der Waals surface area contributed by atoms with Crippen molar-refractivity contribution in [3.63, 3.8) is 0 Å². The Morgan fingerprint density at radius 3 is 3.06 bits per heavy atom. The highest BCUT2D eigenvalue weighted by Gasteiger charge is 2.29. The van der Waals surface area contributed by atoms with E-state index in [0.29, 0.717) is 18.9 Å². The molecule has 2 N–H and O–H groups in total. The van der Waals surface area contributed by atoms with E-state index in [9.17, 15) is 4.79 Å². The van der Waals surface area contributed by atoms with Gasteiger partial charge in [0.15, 0.2) is 0 Å². The third-order valence-electron chi connectivity index (χ3n) is 4.06. The summed E-state index contributed by atoms with van der Waals surface area (Å²) in [6, 6.07) is 0. The van der Waals surface area contributed by atoms with Crippen LogP contribution in [0, 0.1) is 5.92 Å². The Morgan fingerprint density at radius 2 is 2.39 bits per heavy atom. The van der Waals surface area contributed by atoms with E-state index in [-0.39, 0.29) is 11.4 Å². The maximum absolute atomic E-state index is 12.0. The smallest absolute Gasteiger partial charge is 0.220 e. The molecule has 0 saturated carbocycles. The molecule has 18 heavy (non-hydrogen) atoms. The molecule has 2 atom stereocenters. The second-order valence-corrected chi connectivity index (χ2v) is 6.02. The Labute approximate surface area is 110 Å². The SMILES string of the molecule is CC1(NC(=O)CCC2CCCNC2)CCCOC1. The molecule has 0 spiro atoms. The molecule has 2 saturated heterocycles. The van der Waals surface area contributed by atoms with Crippen LogP contribution in [-0.2, 0) is 9.53 Å². The van der Waals surface area contributed by atoms with Gasteiger partial charge in [0, 0.05) is 13.0 Å². The molecule has 4 heteroatoms. The van der Waals surface area contributed by atoms with Crippen LogP contribution in [0.5, 0.6) is 0 Å². The van der Waals surface area contributed by atoms with Gasteiger partial charge in [0.05, 0.1) is 12.1 Å². The lowest BCUT2D eigenvalue weighted by Gasteiger charge is -2.34. The van der Waals surface area contributed by atoms with E-state index in [0.717, 1.165) is 39.0 Å². The van der Waals surface area contributed by atoms with E-state index in [1.807, 2.05) is 0 Å². The van der Waals surface area contributed by atoms with Crippen molar-refractivity contribution in [2.45, 2.75) is 51.0 Å². The Hall–Kier alpha value is -0.610. The van der Waals surface area contributed by atoms with Crippen LogP contribution in [-0.4, -0.2) is 37.7 Å². The molecule has 4 nitrogen and oxygen atoms in total. The first kappa shape index (κ1) is 13.8. The van der Waals surface area contributed by atoms with Crippen LogP contribution in [0.15, 0.2) is 0 Å². The van der Waals surface area contributed by atoms with Gasteiger partial charge in [-0.3, -0.25) is 4.79 Å². The van der Waals surface area contributed by atoms with Crippen molar-refractivity contribution >= 4 is 5.91 Å². The monoisotopic (exact) mass is 254 g/mol. The molecule has 0 radical (unpaired) electrons. The van der Waals surface area contributed by atoms with Crippen LogP contribution >= 0.6 is 0 Å². The molecule has 2 aliphatic heterocycles. The van der Waals surface area contributed by atoms with E-state index in [1.54, 1.807) is 0 Å². The largest absolute Gasteiger partial charge is 0.379 e. The second kappa shape index (κ2) is 6.53. The van der Waals surface area contributed by atoms with E-state index in [4.69, 9.17) is 4.74 Å². The molecule has 0 aromatic heterocycles. The van der Waals surface area contributed by atoms with Gasteiger partial charge in [-0.25, -0.2) is 0 Å². The van der Waals surface area contributed by atoms with Gasteiger partial charge in [0.25, 0.3) is 0 Å². The van der Waals surface area contributed by atoms with Crippen molar-refractivity contribution in [3.8, 4) is 0 Å². The summed E-state index contributed by atoms with van der Waals surface area (Å²) in [7, 11) is 0. The number of hydrogen-bond acceptors (Lipinski definition) is 3. The molecule has 0 aromatic carbocycles. The molecule has 1 amide bonds. The third kappa shape index (κ3) is 4.25.